The lowest BCUT2D eigenvalue weighted by Gasteiger charge is -1.69. The molecule has 0 aliphatic carbocycles. The summed E-state index contributed by atoms with van der Waals surface area (Å²) in [5, 5.41) is 10.2. The van der Waals surface area contributed by atoms with Gasteiger partial charge in [-0.1, -0.05) is 4.80 Å². The summed E-state index contributed by atoms with van der Waals surface area (Å²) in [5.74, 6) is 0.632. The fourth-order valence-corrected chi connectivity index (χ4v) is 0.434. The number of hydrogen-bond donors (Lipinski definition) is 2. The molecule has 0 spiro atoms. The average molecular weight is 114 g/mol. The van der Waals surface area contributed by atoms with Crippen LogP contribution in [0.25, 0.3) is 0 Å². The lowest BCUT2D eigenvalue weighted by Crippen LogP contribution is -2.33. The Bertz CT molecular complexity index is 168. The molecule has 8 heavy (non-hydrogen) atoms. The molecule has 5 nitrogen and oxygen atoms in total. The average Bonchev–Trinajstić information content (AvgIpc) is 2.14. The topological polar surface area (TPSA) is 71.5 Å². The fourth-order valence-electron chi connectivity index (χ4n) is 0.434. The van der Waals surface area contributed by atoms with Crippen LogP contribution in [0, 0.1) is 0 Å². The largest absolute Gasteiger partial charge is 0.322 e. The number of aromatic amines is 1. The van der Waals surface area contributed by atoms with Gasteiger partial charge in [-0.25, -0.2) is 0 Å². The second-order valence-electron chi connectivity index (χ2n) is 1.46. The van der Waals surface area contributed by atoms with E-state index in [-0.39, 0.29) is 0 Å². The van der Waals surface area contributed by atoms with E-state index in [9.17, 15) is 0 Å². The summed E-state index contributed by atoms with van der Waals surface area (Å²) >= 11 is 0. The van der Waals surface area contributed by atoms with Crippen molar-refractivity contribution in [3.63, 3.8) is 0 Å². The highest BCUT2D eigenvalue weighted by Crippen LogP contribution is 1.72. The predicted octanol–water partition coefficient (Wildman–Crippen LogP) is -1.91. The third-order valence-electron chi connectivity index (χ3n) is 0.772. The monoisotopic (exact) mass is 114 g/mol. The second kappa shape index (κ2) is 1.87. The molecule has 0 aromatic carbocycles. The molecule has 5 heteroatoms. The highest BCUT2D eigenvalue weighted by molar-refractivity contribution is 4.68. The summed E-state index contributed by atoms with van der Waals surface area (Å²) in [6.07, 6.45) is 0. The van der Waals surface area contributed by atoms with Gasteiger partial charge in [0.05, 0.1) is 11.6 Å². The molecule has 3 N–H and O–H groups in total. The highest BCUT2D eigenvalue weighted by Gasteiger charge is 2.02. The maximum Gasteiger partial charge on any atom is 0.321 e. The highest BCUT2D eigenvalue weighted by atomic mass is 15.6. The van der Waals surface area contributed by atoms with E-state index in [1.54, 1.807) is 7.05 Å². The molecule has 1 rings (SSSR count). The smallest absolute Gasteiger partial charge is 0.321 e. The summed E-state index contributed by atoms with van der Waals surface area (Å²) in [6, 6.07) is 0. The third kappa shape index (κ3) is 0.812. The minimum absolute atomic E-state index is 0.386. The molecule has 0 saturated carbocycles. The quantitative estimate of drug-likeness (QED) is 0.418. The summed E-state index contributed by atoms with van der Waals surface area (Å²) in [7, 11) is 1.76. The molecular formula is C3H8N5+. The minimum atomic E-state index is 0.386. The van der Waals surface area contributed by atoms with E-state index in [0.29, 0.717) is 12.4 Å². The van der Waals surface area contributed by atoms with Crippen LogP contribution in [0.2, 0.25) is 0 Å². The van der Waals surface area contributed by atoms with E-state index in [2.05, 4.69) is 15.4 Å². The number of nitrogens with two attached hydrogens (primary N) is 1. The van der Waals surface area contributed by atoms with Crippen LogP contribution < -0.4 is 10.5 Å². The SMILES string of the molecule is C[n+]1nc(CN)n[nH]1. The van der Waals surface area contributed by atoms with Gasteiger partial charge in [-0.3, -0.25) is 0 Å². The number of nitrogens with zero attached hydrogens (tertiary/aromatic N) is 3. The van der Waals surface area contributed by atoms with Crippen LogP contribution in [0.15, 0.2) is 0 Å². The Kier molecular flexibility index (Phi) is 1.21. The standard InChI is InChI=1S/C3H7N5/c1-8-6-3(2-4)5-7-8/h2,4H2,1H3/p+1. The van der Waals surface area contributed by atoms with Crippen molar-refractivity contribution >= 4 is 0 Å². The van der Waals surface area contributed by atoms with Crippen molar-refractivity contribution in [3.05, 3.63) is 5.82 Å². The second-order valence-corrected chi connectivity index (χ2v) is 1.46. The molecule has 0 unspecified atom stereocenters. The van der Waals surface area contributed by atoms with E-state index >= 15 is 0 Å². The Balaban J connectivity index is 2.84. The zero-order valence-electron chi connectivity index (χ0n) is 4.63. The Labute approximate surface area is 46.5 Å². The van der Waals surface area contributed by atoms with Gasteiger partial charge < -0.3 is 5.73 Å². The fraction of sp³-hybridized carbons (Fsp3) is 0.667. The van der Waals surface area contributed by atoms with Gasteiger partial charge in [0.2, 0.25) is 0 Å². The van der Waals surface area contributed by atoms with Gasteiger partial charge in [0, 0.05) is 0 Å². The van der Waals surface area contributed by atoms with Crippen molar-refractivity contribution in [2.24, 2.45) is 12.8 Å². The van der Waals surface area contributed by atoms with Crippen LogP contribution in [0.4, 0.5) is 0 Å². The first-order valence-electron chi connectivity index (χ1n) is 2.30. The maximum absolute atomic E-state index is 5.20. The van der Waals surface area contributed by atoms with Crippen molar-refractivity contribution in [1.82, 2.24) is 15.4 Å². The Hall–Kier alpha value is -0.970. The normalized spacial score (nSPS) is 9.75. The van der Waals surface area contributed by atoms with Crippen molar-refractivity contribution < 1.29 is 4.80 Å². The number of H-pyrrole nitrogens is 1. The van der Waals surface area contributed by atoms with Crippen LogP contribution in [0.1, 0.15) is 5.82 Å². The minimum Gasteiger partial charge on any atom is -0.322 e. The van der Waals surface area contributed by atoms with Gasteiger partial charge in [0.15, 0.2) is 0 Å². The zero-order chi connectivity index (χ0) is 5.98. The van der Waals surface area contributed by atoms with Crippen LogP contribution in [0.5, 0.6) is 0 Å². The van der Waals surface area contributed by atoms with Gasteiger partial charge in [-0.15, -0.1) is 0 Å². The van der Waals surface area contributed by atoms with Crippen LogP contribution in [0.3, 0.4) is 0 Å². The number of tetrazole rings is 1. The zero-order valence-corrected chi connectivity index (χ0v) is 4.63. The van der Waals surface area contributed by atoms with Gasteiger partial charge >= 0.3 is 5.82 Å². The number of nitrogens with one attached hydrogen (secondary N) is 1. The molecular weight excluding hydrogens is 106 g/mol. The molecule has 0 aliphatic rings. The Morgan fingerprint density at radius 2 is 2.62 bits per heavy atom. The van der Waals surface area contributed by atoms with Gasteiger partial charge in [-0.2, -0.15) is 0 Å². The van der Waals surface area contributed by atoms with Crippen molar-refractivity contribution in [1.29, 1.82) is 0 Å². The lowest BCUT2D eigenvalue weighted by atomic mass is 10.7. The number of rotatable bonds is 1. The van der Waals surface area contributed by atoms with Crippen LogP contribution in [-0.4, -0.2) is 15.4 Å². The molecule has 0 amide bonds. The van der Waals surface area contributed by atoms with Gasteiger partial charge in [-0.05, 0) is 10.3 Å². The summed E-state index contributed by atoms with van der Waals surface area (Å²) in [5.41, 5.74) is 5.20. The van der Waals surface area contributed by atoms with Crippen molar-refractivity contribution in [3.8, 4) is 0 Å². The first-order valence-corrected chi connectivity index (χ1v) is 2.30. The van der Waals surface area contributed by atoms with Crippen LogP contribution in [-0.2, 0) is 13.6 Å². The van der Waals surface area contributed by atoms with E-state index in [1.165, 1.54) is 4.80 Å². The van der Waals surface area contributed by atoms with E-state index in [4.69, 9.17) is 5.73 Å². The molecule has 0 fully saturated rings. The van der Waals surface area contributed by atoms with Crippen molar-refractivity contribution in [2.45, 2.75) is 6.54 Å². The van der Waals surface area contributed by atoms with Gasteiger partial charge in [0.1, 0.15) is 7.05 Å². The summed E-state index contributed by atoms with van der Waals surface area (Å²) in [6.45, 7) is 0.386. The number of aromatic nitrogens is 4. The molecule has 0 bridgehead atoms. The molecule has 1 heterocycles. The molecule has 0 atom stereocenters. The molecule has 0 radical (unpaired) electrons. The van der Waals surface area contributed by atoms with Gasteiger partial charge in [0.25, 0.3) is 0 Å². The predicted molar refractivity (Wildman–Crippen MR) is 25.5 cm³/mol. The third-order valence-corrected chi connectivity index (χ3v) is 0.772. The summed E-state index contributed by atoms with van der Waals surface area (Å²) in [4.78, 5) is 1.50. The molecule has 44 valence electrons. The molecule has 1 aromatic rings. The number of hydrogen-bond acceptors (Lipinski definition) is 3. The van der Waals surface area contributed by atoms with Crippen LogP contribution >= 0.6 is 0 Å². The van der Waals surface area contributed by atoms with E-state index in [0.717, 1.165) is 0 Å². The number of aryl methyl sites for hydroxylation is 1. The van der Waals surface area contributed by atoms with E-state index < -0.39 is 0 Å². The van der Waals surface area contributed by atoms with Crippen molar-refractivity contribution in [2.75, 3.05) is 0 Å². The lowest BCUT2D eigenvalue weighted by molar-refractivity contribution is -0.784. The Morgan fingerprint density at radius 1 is 1.88 bits per heavy atom. The molecule has 1 aromatic heterocycles. The molecule has 0 saturated heterocycles. The first-order chi connectivity index (χ1) is 3.83. The van der Waals surface area contributed by atoms with E-state index in [1.807, 2.05) is 0 Å². The summed E-state index contributed by atoms with van der Waals surface area (Å²) < 4.78 is 0. The molecule has 0 aliphatic heterocycles. The maximum atomic E-state index is 5.20. The Morgan fingerprint density at radius 3 is 2.88 bits per heavy atom. The first kappa shape index (κ1) is 5.17.